The molecular weight excluding hydrogens is 202 g/mol. The van der Waals surface area contributed by atoms with E-state index in [1.165, 1.54) is 0 Å². The number of pyridine rings is 1. The summed E-state index contributed by atoms with van der Waals surface area (Å²) in [5.41, 5.74) is 1.97. The normalized spacial score (nSPS) is 10.3. The van der Waals surface area contributed by atoms with Crippen molar-refractivity contribution in [2.75, 3.05) is 0 Å². The lowest BCUT2D eigenvalue weighted by Crippen LogP contribution is -1.83. The van der Waals surface area contributed by atoms with Gasteiger partial charge in [-0.3, -0.25) is 0 Å². The minimum Gasteiger partial charge on any atom is -0.235 e. The Hall–Kier alpha value is -0.860. The molecule has 2 rings (SSSR count). The average Bonchev–Trinajstić information content (AvgIpc) is 2.62. The highest BCUT2D eigenvalue weighted by atomic mass is 35.5. The number of thiophene rings is 1. The maximum absolute atomic E-state index is 5.92. The second-order valence-corrected chi connectivity index (χ2v) is 4.09. The van der Waals surface area contributed by atoms with Gasteiger partial charge in [-0.1, -0.05) is 23.7 Å². The smallest absolute Gasteiger partial charge is 0.132 e. The summed E-state index contributed by atoms with van der Waals surface area (Å²) in [6.45, 7) is 1.95. The van der Waals surface area contributed by atoms with E-state index in [1.54, 1.807) is 11.3 Å². The molecule has 0 atom stereocenters. The van der Waals surface area contributed by atoms with Crippen LogP contribution in [0.4, 0.5) is 0 Å². The van der Waals surface area contributed by atoms with E-state index >= 15 is 0 Å². The molecule has 0 amide bonds. The molecule has 0 aliphatic rings. The van der Waals surface area contributed by atoms with Crippen LogP contribution in [0, 0.1) is 6.92 Å². The first kappa shape index (κ1) is 8.73. The van der Waals surface area contributed by atoms with Crippen molar-refractivity contribution in [1.29, 1.82) is 0 Å². The van der Waals surface area contributed by atoms with E-state index < -0.39 is 0 Å². The van der Waals surface area contributed by atoms with E-state index in [1.807, 2.05) is 36.6 Å². The fraction of sp³-hybridized carbons (Fsp3) is 0.100. The molecule has 1 nitrogen and oxygen atoms in total. The second-order valence-electron chi connectivity index (χ2n) is 2.78. The van der Waals surface area contributed by atoms with Crippen LogP contribution in [0.3, 0.4) is 0 Å². The van der Waals surface area contributed by atoms with Crippen LogP contribution in [-0.2, 0) is 0 Å². The zero-order valence-corrected chi connectivity index (χ0v) is 8.69. The summed E-state index contributed by atoms with van der Waals surface area (Å²) in [7, 11) is 0. The van der Waals surface area contributed by atoms with Gasteiger partial charge in [-0.25, -0.2) is 4.98 Å². The molecule has 2 aromatic heterocycles. The van der Waals surface area contributed by atoms with Gasteiger partial charge in [-0.2, -0.15) is 0 Å². The van der Waals surface area contributed by atoms with Gasteiger partial charge < -0.3 is 0 Å². The third-order valence-electron chi connectivity index (χ3n) is 1.81. The molecular formula is C10H8ClNS. The van der Waals surface area contributed by atoms with Gasteiger partial charge in [-0.15, -0.1) is 11.3 Å². The van der Waals surface area contributed by atoms with Crippen molar-refractivity contribution < 1.29 is 0 Å². The predicted octanol–water partition coefficient (Wildman–Crippen LogP) is 3.77. The number of hydrogen-bond acceptors (Lipinski definition) is 2. The van der Waals surface area contributed by atoms with Gasteiger partial charge in [0.25, 0.3) is 0 Å². The highest BCUT2D eigenvalue weighted by molar-refractivity contribution is 7.13. The first-order valence-corrected chi connectivity index (χ1v) is 5.20. The lowest BCUT2D eigenvalue weighted by Gasteiger charge is -1.99. The van der Waals surface area contributed by atoms with Crippen LogP contribution >= 0.6 is 22.9 Å². The second kappa shape index (κ2) is 3.48. The van der Waals surface area contributed by atoms with Gasteiger partial charge >= 0.3 is 0 Å². The average molecular weight is 210 g/mol. The predicted molar refractivity (Wildman–Crippen MR) is 57.3 cm³/mol. The van der Waals surface area contributed by atoms with Gasteiger partial charge in [0.2, 0.25) is 0 Å². The van der Waals surface area contributed by atoms with E-state index in [4.69, 9.17) is 11.6 Å². The van der Waals surface area contributed by atoms with Crippen molar-refractivity contribution in [2.24, 2.45) is 0 Å². The van der Waals surface area contributed by atoms with Gasteiger partial charge in [0.05, 0.1) is 10.6 Å². The summed E-state index contributed by atoms with van der Waals surface area (Å²) < 4.78 is 0. The summed E-state index contributed by atoms with van der Waals surface area (Å²) >= 11 is 7.59. The van der Waals surface area contributed by atoms with Crippen molar-refractivity contribution in [3.05, 3.63) is 40.4 Å². The number of aromatic nitrogens is 1. The minimum absolute atomic E-state index is 0.589. The topological polar surface area (TPSA) is 12.9 Å². The highest BCUT2D eigenvalue weighted by Gasteiger charge is 2.02. The van der Waals surface area contributed by atoms with Crippen molar-refractivity contribution in [2.45, 2.75) is 6.92 Å². The summed E-state index contributed by atoms with van der Waals surface area (Å²) in [5, 5.41) is 2.62. The summed E-state index contributed by atoms with van der Waals surface area (Å²) in [5.74, 6) is 0. The van der Waals surface area contributed by atoms with Gasteiger partial charge in [0, 0.05) is 0 Å². The Morgan fingerprint density at radius 1 is 1.31 bits per heavy atom. The minimum atomic E-state index is 0.589. The molecule has 0 saturated carbocycles. The number of rotatable bonds is 1. The standard InChI is InChI=1S/C10H8ClNS/c1-7-4-5-8(12-10(7)11)9-3-2-6-13-9/h2-6H,1H3. The molecule has 0 unspecified atom stereocenters. The van der Waals surface area contributed by atoms with Crippen molar-refractivity contribution >= 4 is 22.9 Å². The van der Waals surface area contributed by atoms with Crippen molar-refractivity contribution in [3.63, 3.8) is 0 Å². The Kier molecular flexibility index (Phi) is 2.34. The molecule has 0 fully saturated rings. The maximum Gasteiger partial charge on any atom is 0.132 e. The number of hydrogen-bond donors (Lipinski definition) is 0. The number of nitrogens with zero attached hydrogens (tertiary/aromatic N) is 1. The van der Waals surface area contributed by atoms with Gasteiger partial charge in [0.15, 0.2) is 0 Å². The highest BCUT2D eigenvalue weighted by Crippen LogP contribution is 2.24. The quantitative estimate of drug-likeness (QED) is 0.652. The third-order valence-corrected chi connectivity index (χ3v) is 3.08. The molecule has 0 spiro atoms. The summed E-state index contributed by atoms with van der Waals surface area (Å²) in [6, 6.07) is 8.03. The van der Waals surface area contributed by atoms with E-state index in [0.717, 1.165) is 16.1 Å². The zero-order chi connectivity index (χ0) is 9.26. The first-order chi connectivity index (χ1) is 6.27. The number of aryl methyl sites for hydroxylation is 1. The molecule has 2 aromatic rings. The molecule has 66 valence electrons. The zero-order valence-electron chi connectivity index (χ0n) is 7.12. The molecule has 3 heteroatoms. The molecule has 0 N–H and O–H groups in total. The maximum atomic E-state index is 5.92. The lowest BCUT2D eigenvalue weighted by molar-refractivity contribution is 1.28. The van der Waals surface area contributed by atoms with Crippen molar-refractivity contribution in [1.82, 2.24) is 4.98 Å². The molecule has 2 heterocycles. The Morgan fingerprint density at radius 3 is 2.77 bits per heavy atom. The largest absolute Gasteiger partial charge is 0.235 e. The van der Waals surface area contributed by atoms with Crippen LogP contribution in [0.5, 0.6) is 0 Å². The molecule has 13 heavy (non-hydrogen) atoms. The molecule has 0 bridgehead atoms. The van der Waals surface area contributed by atoms with Crippen LogP contribution in [0.15, 0.2) is 29.6 Å². The summed E-state index contributed by atoms with van der Waals surface area (Å²) in [6.07, 6.45) is 0. The summed E-state index contributed by atoms with van der Waals surface area (Å²) in [4.78, 5) is 5.45. The monoisotopic (exact) mass is 209 g/mol. The van der Waals surface area contributed by atoms with Crippen LogP contribution in [0.25, 0.3) is 10.6 Å². The van der Waals surface area contributed by atoms with Crippen LogP contribution in [0.2, 0.25) is 5.15 Å². The van der Waals surface area contributed by atoms with E-state index in [-0.39, 0.29) is 0 Å². The Labute approximate surface area is 86.0 Å². The Bertz CT molecular complexity index is 409. The van der Waals surface area contributed by atoms with Gasteiger partial charge in [0.1, 0.15) is 5.15 Å². The van der Waals surface area contributed by atoms with Crippen LogP contribution in [0.1, 0.15) is 5.56 Å². The lowest BCUT2D eigenvalue weighted by atomic mass is 10.2. The van der Waals surface area contributed by atoms with E-state index in [0.29, 0.717) is 5.15 Å². The van der Waals surface area contributed by atoms with E-state index in [9.17, 15) is 0 Å². The SMILES string of the molecule is Cc1ccc(-c2cccs2)nc1Cl. The Balaban J connectivity index is 2.49. The molecule has 0 radical (unpaired) electrons. The van der Waals surface area contributed by atoms with Gasteiger partial charge in [-0.05, 0) is 30.0 Å². The number of halogens is 1. The fourth-order valence-corrected chi connectivity index (χ4v) is 1.91. The van der Waals surface area contributed by atoms with Crippen molar-refractivity contribution in [3.8, 4) is 10.6 Å². The fourth-order valence-electron chi connectivity index (χ4n) is 1.07. The van der Waals surface area contributed by atoms with Crippen LogP contribution < -0.4 is 0 Å². The third kappa shape index (κ3) is 1.74. The molecule has 0 aliphatic heterocycles. The van der Waals surface area contributed by atoms with Crippen LogP contribution in [-0.4, -0.2) is 4.98 Å². The molecule has 0 aromatic carbocycles. The molecule has 0 aliphatic carbocycles. The molecule has 0 saturated heterocycles. The van der Waals surface area contributed by atoms with E-state index in [2.05, 4.69) is 4.98 Å². The Morgan fingerprint density at radius 2 is 2.15 bits per heavy atom. The first-order valence-electron chi connectivity index (χ1n) is 3.94.